The fourth-order valence-electron chi connectivity index (χ4n) is 4.24. The van der Waals surface area contributed by atoms with Gasteiger partial charge in [0.25, 0.3) is 0 Å². The van der Waals surface area contributed by atoms with Crippen LogP contribution in [0.2, 0.25) is 0 Å². The van der Waals surface area contributed by atoms with E-state index in [4.69, 9.17) is 0 Å². The number of rotatable bonds is 6. The Hall–Kier alpha value is -1.77. The number of guanidine groups is 1. The predicted molar refractivity (Wildman–Crippen MR) is 137 cm³/mol. The summed E-state index contributed by atoms with van der Waals surface area (Å²) in [4.78, 5) is 6.94. The van der Waals surface area contributed by atoms with Crippen LogP contribution in [-0.4, -0.2) is 41.9 Å². The molecule has 1 saturated heterocycles. The summed E-state index contributed by atoms with van der Waals surface area (Å²) >= 11 is 0. The first kappa shape index (κ1) is 24.5. The van der Waals surface area contributed by atoms with Gasteiger partial charge in [0.05, 0.1) is 5.69 Å². The van der Waals surface area contributed by atoms with Crippen molar-refractivity contribution in [3.63, 3.8) is 0 Å². The van der Waals surface area contributed by atoms with E-state index in [0.29, 0.717) is 6.04 Å². The van der Waals surface area contributed by atoms with Crippen LogP contribution in [0.15, 0.2) is 29.3 Å². The Morgan fingerprint density at radius 2 is 1.93 bits per heavy atom. The van der Waals surface area contributed by atoms with Gasteiger partial charge in [-0.2, -0.15) is 5.10 Å². The van der Waals surface area contributed by atoms with Crippen LogP contribution >= 0.6 is 24.0 Å². The second-order valence-electron chi connectivity index (χ2n) is 7.89. The second kappa shape index (κ2) is 11.6. The summed E-state index contributed by atoms with van der Waals surface area (Å²) in [6, 6.07) is 9.23. The minimum absolute atomic E-state index is 0. The number of nitrogens with zero attached hydrogens (tertiary/aromatic N) is 4. The van der Waals surface area contributed by atoms with Crippen molar-refractivity contribution in [1.82, 2.24) is 20.4 Å². The monoisotopic (exact) mass is 524 g/mol. The molecule has 1 unspecified atom stereocenters. The van der Waals surface area contributed by atoms with Crippen molar-refractivity contribution >= 4 is 35.6 Å². The third-order valence-electron chi connectivity index (χ3n) is 5.85. The van der Waals surface area contributed by atoms with Crippen LogP contribution in [0.5, 0.6) is 0 Å². The summed E-state index contributed by atoms with van der Waals surface area (Å²) < 4.78 is 2.02. The zero-order valence-electron chi connectivity index (χ0n) is 19.0. The van der Waals surface area contributed by atoms with Gasteiger partial charge in [0.2, 0.25) is 0 Å². The van der Waals surface area contributed by atoms with Crippen molar-refractivity contribution in [3.8, 4) is 0 Å². The van der Waals surface area contributed by atoms with Crippen LogP contribution in [0.3, 0.4) is 0 Å². The summed E-state index contributed by atoms with van der Waals surface area (Å²) in [5.74, 6) is 0.869. The van der Waals surface area contributed by atoms with Crippen LogP contribution in [0, 0.1) is 6.92 Å². The first-order valence-corrected chi connectivity index (χ1v) is 10.9. The summed E-state index contributed by atoms with van der Waals surface area (Å²) in [6.07, 6.45) is 4.28. The molecule has 0 radical (unpaired) electrons. The highest BCUT2D eigenvalue weighted by Gasteiger charge is 2.21. The van der Waals surface area contributed by atoms with Crippen LogP contribution < -0.4 is 15.5 Å². The lowest BCUT2D eigenvalue weighted by Gasteiger charge is -2.35. The van der Waals surface area contributed by atoms with Crippen molar-refractivity contribution in [1.29, 1.82) is 0 Å². The molecule has 1 aliphatic rings. The van der Waals surface area contributed by atoms with E-state index < -0.39 is 0 Å². The van der Waals surface area contributed by atoms with E-state index >= 15 is 0 Å². The van der Waals surface area contributed by atoms with E-state index in [-0.39, 0.29) is 24.0 Å². The molecule has 2 heterocycles. The number of hydrogen-bond donors (Lipinski definition) is 2. The lowest BCUT2D eigenvalue weighted by atomic mass is 10.0. The topological polar surface area (TPSA) is 57.5 Å². The third kappa shape index (κ3) is 5.89. The number of piperidine rings is 1. The van der Waals surface area contributed by atoms with Gasteiger partial charge >= 0.3 is 0 Å². The molecular weight excluding hydrogens is 487 g/mol. The summed E-state index contributed by atoms with van der Waals surface area (Å²) in [6.45, 7) is 9.36. The van der Waals surface area contributed by atoms with E-state index in [1.807, 2.05) is 18.8 Å². The van der Waals surface area contributed by atoms with Crippen molar-refractivity contribution in [2.75, 3.05) is 25.0 Å². The van der Waals surface area contributed by atoms with Crippen molar-refractivity contribution < 1.29 is 0 Å². The molecule has 1 atom stereocenters. The van der Waals surface area contributed by atoms with Gasteiger partial charge in [0.15, 0.2) is 5.96 Å². The number of aryl methyl sites for hydroxylation is 3. The second-order valence-corrected chi connectivity index (χ2v) is 7.89. The minimum atomic E-state index is 0. The quantitative estimate of drug-likeness (QED) is 0.343. The molecule has 1 fully saturated rings. The van der Waals surface area contributed by atoms with Gasteiger partial charge < -0.3 is 15.5 Å². The number of hydrogen-bond acceptors (Lipinski definition) is 3. The van der Waals surface area contributed by atoms with Gasteiger partial charge in [-0.1, -0.05) is 31.5 Å². The number of anilines is 1. The van der Waals surface area contributed by atoms with E-state index in [0.717, 1.165) is 44.9 Å². The highest BCUT2D eigenvalue weighted by atomic mass is 127. The molecule has 0 amide bonds. The number of nitrogens with one attached hydrogen (secondary N) is 2. The van der Waals surface area contributed by atoms with Gasteiger partial charge in [-0.3, -0.25) is 9.67 Å². The largest absolute Gasteiger partial charge is 0.369 e. The van der Waals surface area contributed by atoms with Crippen molar-refractivity contribution in [2.45, 2.75) is 59.0 Å². The fraction of sp³-hybridized carbons (Fsp3) is 0.565. The Balaban J connectivity index is 0.00000320. The smallest absolute Gasteiger partial charge is 0.191 e. The van der Waals surface area contributed by atoms with Crippen LogP contribution in [-0.2, 0) is 26.4 Å². The lowest BCUT2D eigenvalue weighted by Crippen LogP contribution is -2.51. The van der Waals surface area contributed by atoms with Gasteiger partial charge in [-0.25, -0.2) is 0 Å². The zero-order chi connectivity index (χ0) is 20.8. The molecule has 0 bridgehead atoms. The molecule has 6 nitrogen and oxygen atoms in total. The average molecular weight is 524 g/mol. The molecule has 1 aromatic carbocycles. The van der Waals surface area contributed by atoms with Crippen LogP contribution in [0.25, 0.3) is 0 Å². The lowest BCUT2D eigenvalue weighted by molar-refractivity contribution is 0.468. The molecule has 3 rings (SSSR count). The molecular formula is C23H37IN6. The van der Waals surface area contributed by atoms with Crippen molar-refractivity contribution in [3.05, 3.63) is 46.8 Å². The highest BCUT2D eigenvalue weighted by Crippen LogP contribution is 2.20. The third-order valence-corrected chi connectivity index (χ3v) is 5.85. The Morgan fingerprint density at radius 3 is 2.57 bits per heavy atom. The standard InChI is InChI=1S/C23H36N6.HI/c1-6-21-20(22(7-2)28(5)27-21)15-25-23(24-4)26-18-9-8-14-29(16-18)19-12-10-17(3)11-13-19;/h10-13,18H,6-9,14-16H2,1-5H3,(H2,24,25,26);1H. The normalized spacial score (nSPS) is 16.9. The number of benzene rings is 1. The van der Waals surface area contributed by atoms with Gasteiger partial charge in [0.1, 0.15) is 0 Å². The minimum Gasteiger partial charge on any atom is -0.369 e. The molecule has 0 saturated carbocycles. The highest BCUT2D eigenvalue weighted by molar-refractivity contribution is 14.0. The Labute approximate surface area is 198 Å². The summed E-state index contributed by atoms with van der Waals surface area (Å²) in [5, 5.41) is 11.8. The van der Waals surface area contributed by atoms with Crippen LogP contribution in [0.1, 0.15) is 49.2 Å². The predicted octanol–water partition coefficient (Wildman–Crippen LogP) is 3.81. The molecule has 166 valence electrons. The molecule has 30 heavy (non-hydrogen) atoms. The fourth-order valence-corrected chi connectivity index (χ4v) is 4.24. The number of halogens is 1. The van der Waals surface area contributed by atoms with E-state index in [1.165, 1.54) is 34.6 Å². The maximum Gasteiger partial charge on any atom is 0.191 e. The molecule has 1 aromatic heterocycles. The Bertz CT molecular complexity index is 827. The SMILES string of the molecule is CCc1nn(C)c(CC)c1CNC(=NC)NC1CCCN(c2ccc(C)cc2)C1.I. The van der Waals surface area contributed by atoms with E-state index in [9.17, 15) is 0 Å². The van der Waals surface area contributed by atoms with Gasteiger partial charge in [-0.15, -0.1) is 24.0 Å². The molecule has 1 aliphatic heterocycles. The maximum absolute atomic E-state index is 4.68. The number of aromatic nitrogens is 2. The first-order valence-electron chi connectivity index (χ1n) is 10.9. The summed E-state index contributed by atoms with van der Waals surface area (Å²) in [5.41, 5.74) is 6.40. The Morgan fingerprint density at radius 1 is 1.20 bits per heavy atom. The molecule has 2 N–H and O–H groups in total. The summed E-state index contributed by atoms with van der Waals surface area (Å²) in [7, 11) is 3.89. The molecule has 0 spiro atoms. The molecule has 7 heteroatoms. The van der Waals surface area contributed by atoms with Gasteiger partial charge in [0, 0.05) is 56.7 Å². The van der Waals surface area contributed by atoms with Crippen LogP contribution in [0.4, 0.5) is 5.69 Å². The molecule has 0 aliphatic carbocycles. The zero-order valence-corrected chi connectivity index (χ0v) is 21.4. The Kier molecular flexibility index (Phi) is 9.45. The number of aliphatic imine (C=N–C) groups is 1. The van der Waals surface area contributed by atoms with Crippen molar-refractivity contribution in [2.24, 2.45) is 12.0 Å². The molecule has 2 aromatic rings. The van der Waals surface area contributed by atoms with Gasteiger partial charge in [-0.05, 0) is 44.7 Å². The maximum atomic E-state index is 4.68. The average Bonchev–Trinajstić information content (AvgIpc) is 3.06. The van der Waals surface area contributed by atoms with E-state index in [1.54, 1.807) is 0 Å². The van der Waals surface area contributed by atoms with E-state index in [2.05, 4.69) is 70.7 Å². The first-order chi connectivity index (χ1) is 14.0.